The zero-order valence-corrected chi connectivity index (χ0v) is 7.45. The summed E-state index contributed by atoms with van der Waals surface area (Å²) >= 11 is 5.26. The van der Waals surface area contributed by atoms with Gasteiger partial charge in [-0.1, -0.05) is 11.6 Å². The van der Waals surface area contributed by atoms with Crippen LogP contribution < -0.4 is 0 Å². The number of ether oxygens (including phenoxy) is 1. The molecule has 0 amide bonds. The van der Waals surface area contributed by atoms with Gasteiger partial charge in [-0.25, -0.2) is 0 Å². The number of halogens is 1. The number of rotatable bonds is 3. The second-order valence-electron chi connectivity index (χ2n) is 2.43. The van der Waals surface area contributed by atoms with E-state index < -0.39 is 0 Å². The lowest BCUT2D eigenvalue weighted by atomic mass is 10.2. The minimum absolute atomic E-state index is 0.00107. The Kier molecular flexibility index (Phi) is 3.22. The predicted octanol–water partition coefficient (Wildman–Crippen LogP) is 1.52. The summed E-state index contributed by atoms with van der Waals surface area (Å²) in [7, 11) is 0. The molecule has 1 aromatic rings. The van der Waals surface area contributed by atoms with E-state index in [-0.39, 0.29) is 29.9 Å². The van der Waals surface area contributed by atoms with Crippen molar-refractivity contribution in [3.8, 4) is 17.2 Å². The van der Waals surface area contributed by atoms with E-state index in [9.17, 15) is 5.11 Å². The Balaban J connectivity index is 2.88. The Morgan fingerprint density at radius 3 is 2.31 bits per heavy atom. The number of benzene rings is 1. The van der Waals surface area contributed by atoms with Crippen molar-refractivity contribution in [1.29, 1.82) is 0 Å². The van der Waals surface area contributed by atoms with E-state index in [4.69, 9.17) is 26.6 Å². The highest BCUT2D eigenvalue weighted by Crippen LogP contribution is 2.32. The molecule has 0 aromatic heterocycles. The minimum atomic E-state index is -0.368. The molecule has 1 aromatic carbocycles. The molecule has 72 valence electrons. The largest absolute Gasteiger partial charge is 0.507 e. The standard InChI is InChI=1S/C8H9ClO4/c9-4-13-3-5-1-7(11)8(12)2-6(5)10/h1-2,10-12H,3-4H2. The van der Waals surface area contributed by atoms with Crippen LogP contribution in [-0.2, 0) is 11.3 Å². The third-order valence-electron chi connectivity index (χ3n) is 1.51. The highest BCUT2D eigenvalue weighted by molar-refractivity contribution is 6.17. The first-order valence-corrected chi connectivity index (χ1v) is 4.06. The molecule has 0 radical (unpaired) electrons. The van der Waals surface area contributed by atoms with Crippen LogP contribution in [0.25, 0.3) is 0 Å². The summed E-state index contributed by atoms with van der Waals surface area (Å²) in [6.45, 7) is 0.0865. The monoisotopic (exact) mass is 204 g/mol. The van der Waals surface area contributed by atoms with Crippen LogP contribution in [0.1, 0.15) is 5.56 Å². The van der Waals surface area contributed by atoms with E-state index >= 15 is 0 Å². The number of aromatic hydroxyl groups is 3. The molecule has 0 saturated carbocycles. The molecule has 0 aliphatic carbocycles. The third kappa shape index (κ3) is 2.40. The summed E-state index contributed by atoms with van der Waals surface area (Å²) < 4.78 is 4.81. The highest BCUT2D eigenvalue weighted by atomic mass is 35.5. The van der Waals surface area contributed by atoms with Gasteiger partial charge in [0.15, 0.2) is 11.5 Å². The van der Waals surface area contributed by atoms with E-state index in [0.717, 1.165) is 6.07 Å². The quantitative estimate of drug-likeness (QED) is 0.397. The zero-order valence-electron chi connectivity index (χ0n) is 6.70. The van der Waals surface area contributed by atoms with Crippen LogP contribution in [0.15, 0.2) is 12.1 Å². The summed E-state index contributed by atoms with van der Waals surface area (Å²) in [6.07, 6.45) is 0. The topological polar surface area (TPSA) is 69.9 Å². The second-order valence-corrected chi connectivity index (χ2v) is 2.65. The molecule has 13 heavy (non-hydrogen) atoms. The molecule has 0 spiro atoms. The van der Waals surface area contributed by atoms with Gasteiger partial charge in [0, 0.05) is 11.6 Å². The fourth-order valence-electron chi connectivity index (χ4n) is 0.873. The van der Waals surface area contributed by atoms with Crippen molar-refractivity contribution in [2.45, 2.75) is 6.61 Å². The Bertz CT molecular complexity index is 300. The molecule has 0 bridgehead atoms. The van der Waals surface area contributed by atoms with E-state index in [2.05, 4.69) is 0 Å². The molecule has 5 heteroatoms. The van der Waals surface area contributed by atoms with Crippen molar-refractivity contribution in [3.63, 3.8) is 0 Å². The Labute approximate surface area is 80.0 Å². The van der Waals surface area contributed by atoms with E-state index in [1.807, 2.05) is 0 Å². The van der Waals surface area contributed by atoms with Gasteiger partial charge < -0.3 is 20.1 Å². The van der Waals surface area contributed by atoms with Gasteiger partial charge in [-0.15, -0.1) is 0 Å². The van der Waals surface area contributed by atoms with Crippen molar-refractivity contribution < 1.29 is 20.1 Å². The number of alkyl halides is 1. The molecule has 1 rings (SSSR count). The fraction of sp³-hybridized carbons (Fsp3) is 0.250. The smallest absolute Gasteiger partial charge is 0.161 e. The third-order valence-corrected chi connectivity index (χ3v) is 1.66. The molecule has 0 aliphatic heterocycles. The average molecular weight is 205 g/mol. The lowest BCUT2D eigenvalue weighted by molar-refractivity contribution is 0.162. The van der Waals surface area contributed by atoms with Gasteiger partial charge in [-0.05, 0) is 6.07 Å². The average Bonchev–Trinajstić information content (AvgIpc) is 2.09. The molecule has 0 unspecified atom stereocenters. The van der Waals surface area contributed by atoms with Gasteiger partial charge in [-0.3, -0.25) is 0 Å². The Morgan fingerprint density at radius 2 is 1.69 bits per heavy atom. The van der Waals surface area contributed by atoms with Crippen molar-refractivity contribution in [3.05, 3.63) is 17.7 Å². The normalized spacial score (nSPS) is 10.2. The lowest BCUT2D eigenvalue weighted by Gasteiger charge is -2.05. The molecular weight excluding hydrogens is 196 g/mol. The van der Waals surface area contributed by atoms with E-state index in [0.29, 0.717) is 5.56 Å². The van der Waals surface area contributed by atoms with Crippen molar-refractivity contribution in [2.75, 3.05) is 6.07 Å². The number of hydrogen-bond acceptors (Lipinski definition) is 4. The van der Waals surface area contributed by atoms with Gasteiger partial charge in [-0.2, -0.15) is 0 Å². The van der Waals surface area contributed by atoms with Crippen molar-refractivity contribution >= 4 is 11.6 Å². The summed E-state index contributed by atoms with van der Waals surface area (Å²) in [5.74, 6) is -0.807. The summed E-state index contributed by atoms with van der Waals surface area (Å²) in [6, 6.07) is 2.26. The first-order valence-electron chi connectivity index (χ1n) is 3.52. The maximum absolute atomic E-state index is 9.25. The first-order chi connectivity index (χ1) is 6.15. The molecule has 0 atom stereocenters. The van der Waals surface area contributed by atoms with E-state index in [1.165, 1.54) is 6.07 Å². The molecule has 0 saturated heterocycles. The number of phenols is 3. The van der Waals surface area contributed by atoms with Crippen LogP contribution in [0.5, 0.6) is 17.2 Å². The number of hydrogen-bond donors (Lipinski definition) is 3. The molecule has 0 fully saturated rings. The molecule has 3 N–H and O–H groups in total. The van der Waals surface area contributed by atoms with Crippen LogP contribution in [0, 0.1) is 0 Å². The van der Waals surface area contributed by atoms with Gasteiger partial charge >= 0.3 is 0 Å². The molecule has 0 aliphatic rings. The predicted molar refractivity (Wildman–Crippen MR) is 46.9 cm³/mol. The van der Waals surface area contributed by atoms with Crippen molar-refractivity contribution in [1.82, 2.24) is 0 Å². The SMILES string of the molecule is Oc1cc(O)c(COCCl)cc1O. The van der Waals surface area contributed by atoms with Crippen molar-refractivity contribution in [2.24, 2.45) is 0 Å². The second kappa shape index (κ2) is 4.20. The molecule has 4 nitrogen and oxygen atoms in total. The van der Waals surface area contributed by atoms with Crippen LogP contribution >= 0.6 is 11.6 Å². The molecular formula is C8H9ClO4. The Morgan fingerprint density at radius 1 is 1.08 bits per heavy atom. The van der Waals surface area contributed by atoms with Crippen LogP contribution in [0.2, 0.25) is 0 Å². The van der Waals surface area contributed by atoms with Gasteiger partial charge in [0.25, 0.3) is 0 Å². The van der Waals surface area contributed by atoms with Gasteiger partial charge in [0.05, 0.1) is 6.61 Å². The maximum atomic E-state index is 9.25. The summed E-state index contributed by atoms with van der Waals surface area (Å²) in [4.78, 5) is 0. The molecule has 0 heterocycles. The summed E-state index contributed by atoms with van der Waals surface area (Å²) in [5.41, 5.74) is 0.371. The number of phenolic OH excluding ortho intramolecular Hbond substituents is 3. The Hall–Kier alpha value is -1.13. The van der Waals surface area contributed by atoms with E-state index in [1.54, 1.807) is 0 Å². The van der Waals surface area contributed by atoms with Gasteiger partial charge in [0.2, 0.25) is 0 Å². The van der Waals surface area contributed by atoms with Crippen LogP contribution in [0.4, 0.5) is 0 Å². The minimum Gasteiger partial charge on any atom is -0.507 e. The first kappa shape index (κ1) is 9.95. The lowest BCUT2D eigenvalue weighted by Crippen LogP contribution is -1.90. The van der Waals surface area contributed by atoms with Crippen LogP contribution in [0.3, 0.4) is 0 Å². The maximum Gasteiger partial charge on any atom is 0.161 e. The van der Waals surface area contributed by atoms with Gasteiger partial charge in [0.1, 0.15) is 11.8 Å². The van der Waals surface area contributed by atoms with Crippen LogP contribution in [-0.4, -0.2) is 21.4 Å². The zero-order chi connectivity index (χ0) is 9.84. The highest BCUT2D eigenvalue weighted by Gasteiger charge is 2.07. The fourth-order valence-corrected chi connectivity index (χ4v) is 0.950. The summed E-state index contributed by atoms with van der Waals surface area (Å²) in [5, 5.41) is 27.3.